The Labute approximate surface area is 89.3 Å². The van der Waals surface area contributed by atoms with E-state index in [2.05, 4.69) is 4.98 Å². The van der Waals surface area contributed by atoms with E-state index in [9.17, 15) is 4.79 Å². The van der Waals surface area contributed by atoms with Crippen molar-refractivity contribution in [3.63, 3.8) is 0 Å². The Morgan fingerprint density at radius 1 is 1.50 bits per heavy atom. The van der Waals surface area contributed by atoms with E-state index in [1.54, 1.807) is 18.3 Å². The molecular formula is C11H14ClNO. The van der Waals surface area contributed by atoms with E-state index >= 15 is 0 Å². The SMILES string of the molecule is CC(C)(C)CC(=O)c1ccnc(Cl)c1. The highest BCUT2D eigenvalue weighted by Crippen LogP contribution is 2.21. The van der Waals surface area contributed by atoms with Crippen molar-refractivity contribution in [2.75, 3.05) is 0 Å². The second-order valence-corrected chi connectivity index (χ2v) is 4.92. The normalized spacial score (nSPS) is 11.4. The van der Waals surface area contributed by atoms with Crippen LogP contribution in [0.15, 0.2) is 18.3 Å². The maximum absolute atomic E-state index is 11.7. The quantitative estimate of drug-likeness (QED) is 0.555. The van der Waals surface area contributed by atoms with Crippen LogP contribution in [-0.4, -0.2) is 10.8 Å². The van der Waals surface area contributed by atoms with Gasteiger partial charge in [0, 0.05) is 18.2 Å². The number of carbonyl (C=O) groups is 1. The van der Waals surface area contributed by atoms with Crippen LogP contribution < -0.4 is 0 Å². The van der Waals surface area contributed by atoms with Crippen LogP contribution in [0.25, 0.3) is 0 Å². The maximum atomic E-state index is 11.7. The van der Waals surface area contributed by atoms with Crippen LogP contribution >= 0.6 is 11.6 Å². The van der Waals surface area contributed by atoms with Gasteiger partial charge in [0.05, 0.1) is 0 Å². The van der Waals surface area contributed by atoms with E-state index in [0.29, 0.717) is 17.1 Å². The molecule has 0 unspecified atom stereocenters. The van der Waals surface area contributed by atoms with Gasteiger partial charge in [-0.15, -0.1) is 0 Å². The Bertz CT molecular complexity index is 341. The average molecular weight is 212 g/mol. The molecule has 1 rings (SSSR count). The molecule has 2 nitrogen and oxygen atoms in total. The molecule has 3 heteroatoms. The van der Waals surface area contributed by atoms with Crippen molar-refractivity contribution >= 4 is 17.4 Å². The first-order valence-corrected chi connectivity index (χ1v) is 4.91. The number of Topliss-reactive ketones (excluding diaryl/α,β-unsaturated/α-hetero) is 1. The molecule has 0 N–H and O–H groups in total. The zero-order valence-electron chi connectivity index (χ0n) is 8.67. The lowest BCUT2D eigenvalue weighted by Crippen LogP contribution is -2.13. The topological polar surface area (TPSA) is 30.0 Å². The molecule has 0 saturated carbocycles. The predicted octanol–water partition coefficient (Wildman–Crippen LogP) is 3.35. The molecular weight excluding hydrogens is 198 g/mol. The first kappa shape index (κ1) is 11.2. The second kappa shape index (κ2) is 4.09. The lowest BCUT2D eigenvalue weighted by molar-refractivity contribution is 0.0940. The highest BCUT2D eigenvalue weighted by molar-refractivity contribution is 6.29. The third kappa shape index (κ3) is 3.46. The molecule has 0 atom stereocenters. The smallest absolute Gasteiger partial charge is 0.163 e. The third-order valence-corrected chi connectivity index (χ3v) is 1.95. The van der Waals surface area contributed by atoms with E-state index in [1.165, 1.54) is 0 Å². The van der Waals surface area contributed by atoms with Gasteiger partial charge in [0.15, 0.2) is 5.78 Å². The van der Waals surface area contributed by atoms with Gasteiger partial charge >= 0.3 is 0 Å². The number of ketones is 1. The van der Waals surface area contributed by atoms with Crippen LogP contribution in [0.5, 0.6) is 0 Å². The summed E-state index contributed by atoms with van der Waals surface area (Å²) in [5, 5.41) is 0.366. The van der Waals surface area contributed by atoms with E-state index < -0.39 is 0 Å². The summed E-state index contributed by atoms with van der Waals surface area (Å²) in [6.45, 7) is 6.11. The van der Waals surface area contributed by atoms with Crippen LogP contribution in [-0.2, 0) is 0 Å². The van der Waals surface area contributed by atoms with Crippen molar-refractivity contribution in [3.05, 3.63) is 29.0 Å². The molecule has 1 heterocycles. The van der Waals surface area contributed by atoms with E-state index in [1.807, 2.05) is 20.8 Å². The highest BCUT2D eigenvalue weighted by atomic mass is 35.5. The van der Waals surface area contributed by atoms with Crippen LogP contribution in [0, 0.1) is 5.41 Å². The van der Waals surface area contributed by atoms with Crippen LogP contribution in [0.3, 0.4) is 0 Å². The molecule has 14 heavy (non-hydrogen) atoms. The summed E-state index contributed by atoms with van der Waals surface area (Å²) in [4.78, 5) is 15.6. The zero-order chi connectivity index (χ0) is 10.8. The number of hydrogen-bond acceptors (Lipinski definition) is 2. The van der Waals surface area contributed by atoms with Gasteiger partial charge < -0.3 is 0 Å². The summed E-state index contributed by atoms with van der Waals surface area (Å²) >= 11 is 5.70. The first-order chi connectivity index (χ1) is 6.38. The van der Waals surface area contributed by atoms with E-state index in [-0.39, 0.29) is 11.2 Å². The number of pyridine rings is 1. The molecule has 0 saturated heterocycles. The highest BCUT2D eigenvalue weighted by Gasteiger charge is 2.17. The fourth-order valence-corrected chi connectivity index (χ4v) is 1.33. The lowest BCUT2D eigenvalue weighted by atomic mass is 9.88. The molecule has 0 bridgehead atoms. The van der Waals surface area contributed by atoms with Gasteiger partial charge in [0.25, 0.3) is 0 Å². The molecule has 76 valence electrons. The Morgan fingerprint density at radius 2 is 2.14 bits per heavy atom. The van der Waals surface area contributed by atoms with Gasteiger partial charge in [0.2, 0.25) is 0 Å². The summed E-state index contributed by atoms with van der Waals surface area (Å²) in [6, 6.07) is 3.30. The number of rotatable bonds is 2. The van der Waals surface area contributed by atoms with Crippen molar-refractivity contribution < 1.29 is 4.79 Å². The molecule has 0 aromatic carbocycles. The number of hydrogen-bond donors (Lipinski definition) is 0. The molecule has 1 aromatic heterocycles. The first-order valence-electron chi connectivity index (χ1n) is 4.53. The number of nitrogens with zero attached hydrogens (tertiary/aromatic N) is 1. The van der Waals surface area contributed by atoms with Gasteiger partial charge in [-0.2, -0.15) is 0 Å². The maximum Gasteiger partial charge on any atom is 0.163 e. The molecule has 0 fully saturated rings. The van der Waals surface area contributed by atoms with Crippen molar-refractivity contribution in [3.8, 4) is 0 Å². The Morgan fingerprint density at radius 3 is 2.64 bits per heavy atom. The molecule has 1 aromatic rings. The van der Waals surface area contributed by atoms with Crippen LogP contribution in [0.4, 0.5) is 0 Å². The summed E-state index contributed by atoms with van der Waals surface area (Å²) in [7, 11) is 0. The predicted molar refractivity (Wildman–Crippen MR) is 57.6 cm³/mol. The van der Waals surface area contributed by atoms with Gasteiger partial charge in [0.1, 0.15) is 5.15 Å². The minimum Gasteiger partial charge on any atom is -0.294 e. The third-order valence-electron chi connectivity index (χ3n) is 1.74. The number of aromatic nitrogens is 1. The second-order valence-electron chi connectivity index (χ2n) is 4.53. The van der Waals surface area contributed by atoms with Crippen molar-refractivity contribution in [1.29, 1.82) is 0 Å². The van der Waals surface area contributed by atoms with Crippen molar-refractivity contribution in [1.82, 2.24) is 4.98 Å². The Hall–Kier alpha value is -0.890. The number of halogens is 1. The molecule has 0 radical (unpaired) electrons. The van der Waals surface area contributed by atoms with Crippen LogP contribution in [0.1, 0.15) is 37.6 Å². The monoisotopic (exact) mass is 211 g/mol. The Balaban J connectivity index is 2.80. The molecule has 0 spiro atoms. The summed E-state index contributed by atoms with van der Waals surface area (Å²) < 4.78 is 0. The largest absolute Gasteiger partial charge is 0.294 e. The Kier molecular flexibility index (Phi) is 3.27. The minimum atomic E-state index is 0.00678. The molecule has 0 aliphatic rings. The summed E-state index contributed by atoms with van der Waals surface area (Å²) in [5.41, 5.74) is 0.646. The van der Waals surface area contributed by atoms with Crippen molar-refractivity contribution in [2.24, 2.45) is 5.41 Å². The molecule has 0 amide bonds. The molecule has 0 aliphatic carbocycles. The average Bonchev–Trinajstić information content (AvgIpc) is 2.01. The van der Waals surface area contributed by atoms with Crippen molar-refractivity contribution in [2.45, 2.75) is 27.2 Å². The van der Waals surface area contributed by atoms with Gasteiger partial charge in [-0.05, 0) is 17.5 Å². The number of carbonyl (C=O) groups excluding carboxylic acids is 1. The minimum absolute atomic E-state index is 0.00678. The fraction of sp³-hybridized carbons (Fsp3) is 0.455. The van der Waals surface area contributed by atoms with Gasteiger partial charge in [-0.3, -0.25) is 4.79 Å². The standard InChI is InChI=1S/C11H14ClNO/c1-11(2,3)7-9(14)8-4-5-13-10(12)6-8/h4-6H,7H2,1-3H3. The van der Waals surface area contributed by atoms with Crippen LogP contribution in [0.2, 0.25) is 5.15 Å². The zero-order valence-corrected chi connectivity index (χ0v) is 9.43. The lowest BCUT2D eigenvalue weighted by Gasteiger charge is -2.16. The summed E-state index contributed by atoms with van der Waals surface area (Å²) in [6.07, 6.45) is 2.07. The van der Waals surface area contributed by atoms with E-state index in [4.69, 9.17) is 11.6 Å². The fourth-order valence-electron chi connectivity index (χ4n) is 1.16. The van der Waals surface area contributed by atoms with Gasteiger partial charge in [-0.25, -0.2) is 4.98 Å². The summed E-state index contributed by atoms with van der Waals surface area (Å²) in [5.74, 6) is 0.113. The van der Waals surface area contributed by atoms with E-state index in [0.717, 1.165) is 0 Å². The molecule has 0 aliphatic heterocycles. The van der Waals surface area contributed by atoms with Gasteiger partial charge in [-0.1, -0.05) is 32.4 Å².